The summed E-state index contributed by atoms with van der Waals surface area (Å²) in [6.45, 7) is 26.6. The molecule has 83 heavy (non-hydrogen) atoms. The third-order valence-corrected chi connectivity index (χ3v) is 8.99. The Labute approximate surface area is 587 Å². The summed E-state index contributed by atoms with van der Waals surface area (Å²) in [7, 11) is 1.75. The molecular weight excluding hydrogens is 1700 g/mol. The molecule has 0 aromatic carbocycles. The van der Waals surface area contributed by atoms with E-state index in [9.17, 15) is 18.4 Å². The molecule has 0 unspecified atom stereocenters. The van der Waals surface area contributed by atoms with Gasteiger partial charge in [-0.05, 0) is 110 Å². The molecule has 0 atom stereocenters. The number of nitrogens with one attached hydrogen (secondary N) is 2. The van der Waals surface area contributed by atoms with E-state index in [0.717, 1.165) is 33.1 Å². The molecule has 39 heteroatoms. The number of H-pyrrole nitrogens is 2. The Balaban J connectivity index is -0.000000134. The Morgan fingerprint density at radius 1 is 0.639 bits per heavy atom. The maximum absolute atomic E-state index is 11.2. The van der Waals surface area contributed by atoms with Gasteiger partial charge in [0.15, 0.2) is 32.6 Å². The van der Waals surface area contributed by atoms with Gasteiger partial charge in [0.1, 0.15) is 17.1 Å². The molecule has 0 bridgehead atoms. The van der Waals surface area contributed by atoms with Crippen molar-refractivity contribution < 1.29 is 62.1 Å². The molecule has 0 fully saturated rings. The minimum absolute atomic E-state index is 0. The van der Waals surface area contributed by atoms with Crippen LogP contribution in [0.1, 0.15) is 36.3 Å². The minimum atomic E-state index is -1.61. The number of aryl methyl sites for hydroxylation is 4. The van der Waals surface area contributed by atoms with Crippen LogP contribution in [-0.4, -0.2) is 82.1 Å². The summed E-state index contributed by atoms with van der Waals surface area (Å²) in [5.74, 6) is -1.20. The predicted molar refractivity (Wildman–Crippen MR) is 328 cm³/mol. The largest absolute Gasteiger partial charge is 0.512 e. The standard InChI is InChI=1S/C8H4BrCl2N3.C8H5Cl2N3.C8H7N3O2.C7H7N3.C6H7ClN2.CCl4.2CH3F.4CN.BH.Cl3P.U.Zn/c9-2-4-1-5-6(12-3-4)7(10)14-8(11)13-5;1-4-2-5-6(11-3-4)7(9)13-8(10)12-5;1-4-2-5-6(9-3-4)7(12)11-8(13)10-5;1-5-2-6(9)7(3-8)10-4-5;1-4-2-5(8)6(7)9-3-4;2-1(3,4)5;6*1-2;;1-4(2)3;;/h1,3H,2H2;2-3H,1H3;2-3H,1H3,(H2,10,11,12,13);2,4H,9H2,1H3;2-3H,8H2,1H3;;2*1H3;;;;;1H;;;/q;;;;;;;;4*-1;;;;/i;;;;;;2*1D;;;;;1D;;;. The molecule has 0 spiro atoms. The molecule has 0 saturated heterocycles. The second-order valence-electron chi connectivity index (χ2n) is 12.7. The van der Waals surface area contributed by atoms with Crippen LogP contribution in [0.5, 0.6) is 0 Å². The van der Waals surface area contributed by atoms with E-state index in [2.05, 4.69) is 79.1 Å². The molecule has 6 N–H and O–H groups in total. The number of rotatable bonds is 1. The Morgan fingerprint density at radius 2 is 0.988 bits per heavy atom. The molecular formula is C44H37BBrCl12F2N18O2PUZn-4. The first kappa shape index (κ1) is 88.2. The van der Waals surface area contributed by atoms with Crippen LogP contribution in [0.25, 0.3) is 33.1 Å². The molecule has 8 rings (SSSR count). The van der Waals surface area contributed by atoms with Gasteiger partial charge in [-0.3, -0.25) is 28.5 Å². The second-order valence-corrected chi connectivity index (χ2v) is 23.4. The van der Waals surface area contributed by atoms with Crippen LogP contribution < -0.4 is 22.7 Å². The SMILES string of the molecule is Cc1cnc(C#N)c(N)c1.Cc1cnc(Cl)c(N)c1.Cc1cnc2c(=O)[nH]c(=O)[nH]c2c1.Cc1cnc2c(Cl)nc(Cl)nc2c1.ClC(Cl)(Cl)Cl.ClP(Cl)Cl.Clc1nc(Cl)c2ncc(CBr)cc2n1.[2H]CF.[2H]CF.[2H][B].[C-]#N.[C-]#N.[C-]#N.[C-]#N.[U].[Zn]. The molecule has 8 aromatic rings. The number of alkyl halides is 7. The predicted octanol–water partition coefficient (Wildman–Crippen LogP) is 14.6. The van der Waals surface area contributed by atoms with E-state index in [1.54, 1.807) is 49.2 Å². The van der Waals surface area contributed by atoms with Crippen molar-refractivity contribution in [3.05, 3.63) is 168 Å². The maximum Gasteiger partial charge on any atom is 0.326 e. The number of hydrogen-bond donors (Lipinski definition) is 4. The number of aromatic nitrogens is 11. The van der Waals surface area contributed by atoms with Crippen molar-refractivity contribution in [3.8, 4) is 6.07 Å². The number of halogens is 15. The van der Waals surface area contributed by atoms with Gasteiger partial charge < -0.3 is 63.8 Å². The molecule has 8 aromatic heterocycles. The number of hydrogen-bond acceptors (Lipinski definition) is 18. The van der Waals surface area contributed by atoms with Gasteiger partial charge in [-0.15, -0.1) is 0 Å². The summed E-state index contributed by atoms with van der Waals surface area (Å²) in [6.07, 6.45) is 8.31. The quantitative estimate of drug-likeness (QED) is 0.0226. The Morgan fingerprint density at radius 3 is 1.37 bits per heavy atom. The Bertz CT molecular complexity index is 3390. The number of anilines is 2. The van der Waals surface area contributed by atoms with Crippen LogP contribution in [0.4, 0.5) is 20.2 Å². The number of nitrogens with zero attached hydrogens (tertiary/aromatic N) is 14. The van der Waals surface area contributed by atoms with E-state index in [1.807, 2.05) is 45.9 Å². The van der Waals surface area contributed by atoms with Crippen molar-refractivity contribution in [2.75, 3.05) is 25.8 Å². The van der Waals surface area contributed by atoms with E-state index in [4.69, 9.17) is 206 Å². The number of fused-ring (bicyclic) bond motifs is 3. The van der Waals surface area contributed by atoms with Gasteiger partial charge in [-0.25, -0.2) is 39.7 Å². The van der Waals surface area contributed by atoms with E-state index in [0.29, 0.717) is 49.8 Å². The van der Waals surface area contributed by atoms with Crippen molar-refractivity contribution in [2.45, 2.75) is 36.3 Å². The molecule has 0 aliphatic rings. The van der Waals surface area contributed by atoms with Crippen molar-refractivity contribution in [1.29, 1.82) is 27.6 Å². The van der Waals surface area contributed by atoms with Crippen LogP contribution in [-0.2, 0) is 24.8 Å². The summed E-state index contributed by atoms with van der Waals surface area (Å²) in [6, 6.07) is 10.8. The molecule has 0 amide bonds. The van der Waals surface area contributed by atoms with Crippen LogP contribution in [0.2, 0.25) is 26.0 Å². The molecule has 20 nitrogen and oxygen atoms in total. The second kappa shape index (κ2) is 56.2. The first-order valence-electron chi connectivity index (χ1n) is 21.2. The van der Waals surface area contributed by atoms with Gasteiger partial charge in [0.05, 0.1) is 45.0 Å². The zero-order valence-electron chi connectivity index (χ0n) is 45.5. The zero-order chi connectivity index (χ0) is 66.9. The van der Waals surface area contributed by atoms with E-state index >= 15 is 0 Å². The van der Waals surface area contributed by atoms with E-state index < -0.39 is 34.8 Å². The maximum atomic E-state index is 11.2. The summed E-state index contributed by atoms with van der Waals surface area (Å²) < 4.78 is 34.6. The van der Waals surface area contributed by atoms with Gasteiger partial charge >= 0.3 is 5.69 Å². The Hall–Kier alpha value is -3.59. The van der Waals surface area contributed by atoms with Crippen molar-refractivity contribution in [3.63, 3.8) is 0 Å². The van der Waals surface area contributed by atoms with Gasteiger partial charge in [0.25, 0.3) is 8.81 Å². The van der Waals surface area contributed by atoms with E-state index in [-0.39, 0.29) is 77.0 Å². The average Bonchev–Trinajstić information content (AvgIpc) is 2.12. The normalized spacial score (nSPS) is 9.02. The molecule has 438 valence electrons. The van der Waals surface area contributed by atoms with Crippen LogP contribution >= 0.6 is 160 Å². The summed E-state index contributed by atoms with van der Waals surface area (Å²) in [5.41, 5.74) is 19.3. The summed E-state index contributed by atoms with van der Waals surface area (Å²) >= 11 is 65.8. The van der Waals surface area contributed by atoms with Crippen LogP contribution in [0.3, 0.4) is 0 Å². The molecule has 0 aliphatic carbocycles. The molecule has 0 saturated carbocycles. The number of nitriles is 1. The summed E-state index contributed by atoms with van der Waals surface area (Å²) in [5, 5.41) is 35.4. The third kappa shape index (κ3) is 44.5. The van der Waals surface area contributed by atoms with Gasteiger partial charge in [0, 0.05) is 95.3 Å². The first-order valence-corrected chi connectivity index (χ1v) is 27.8. The number of nitrogen functional groups attached to an aromatic ring is 2. The number of nitrogens with two attached hydrogens (primary N) is 2. The number of aromatic amines is 2. The summed E-state index contributed by atoms with van der Waals surface area (Å²) in [4.78, 5) is 62.1. The smallest absolute Gasteiger partial charge is 0.326 e. The molecule has 0 aliphatic heterocycles. The fourth-order valence-corrected chi connectivity index (χ4v) is 5.85. The average molecular weight is 1740 g/mol. The van der Waals surface area contributed by atoms with Crippen molar-refractivity contribution >= 4 is 213 Å². The van der Waals surface area contributed by atoms with E-state index in [1.165, 1.54) is 0 Å². The third-order valence-electron chi connectivity index (χ3n) is 7.16. The number of pyridine rings is 5. The van der Waals surface area contributed by atoms with Crippen LogP contribution in [0.15, 0.2) is 70.9 Å². The van der Waals surface area contributed by atoms with Crippen LogP contribution in [0, 0.1) is 117 Å². The molecule has 8 heterocycles. The first-order chi connectivity index (χ1) is 39.5. The fourth-order valence-electron chi connectivity index (χ4n) is 4.55. The molecule has 2 radical (unpaired) electrons. The monoisotopic (exact) mass is 1730 g/mol. The van der Waals surface area contributed by atoms with Gasteiger partial charge in [-0.2, -0.15) is 5.26 Å². The van der Waals surface area contributed by atoms with Gasteiger partial charge in [-0.1, -0.05) is 131 Å². The Kier molecular flexibility index (Phi) is 59.7. The topological polar surface area (TPSA) is 353 Å². The van der Waals surface area contributed by atoms with Crippen molar-refractivity contribution in [1.82, 2.24) is 54.8 Å². The minimum Gasteiger partial charge on any atom is -0.512 e. The zero-order valence-corrected chi connectivity index (χ0v) is 61.2. The van der Waals surface area contributed by atoms with Crippen molar-refractivity contribution in [2.24, 2.45) is 0 Å². The van der Waals surface area contributed by atoms with Gasteiger partial charge in [0.2, 0.25) is 10.6 Å². The fraction of sp³-hybridized carbons (Fsp3) is 0.182.